The van der Waals surface area contributed by atoms with E-state index in [2.05, 4.69) is 26.5 Å². The minimum absolute atomic E-state index is 0.153. The van der Waals surface area contributed by atoms with Gasteiger partial charge in [0.1, 0.15) is 5.54 Å². The molecule has 0 radical (unpaired) electrons. The van der Waals surface area contributed by atoms with Crippen LogP contribution in [0.4, 0.5) is 0 Å². The van der Waals surface area contributed by atoms with Gasteiger partial charge in [-0.15, -0.1) is 5.10 Å². The number of carbonyl (C=O) groups excluding carboxylic acids is 1. The molecule has 7 nitrogen and oxygen atoms in total. The number of thioether (sulfide) groups is 1. The van der Waals surface area contributed by atoms with Crippen molar-refractivity contribution in [2.45, 2.75) is 42.8 Å². The first kappa shape index (κ1) is 14.8. The van der Waals surface area contributed by atoms with Crippen molar-refractivity contribution in [1.29, 1.82) is 5.26 Å². The molecular formula is C14H16N6OS. The van der Waals surface area contributed by atoms with Crippen LogP contribution >= 0.6 is 11.8 Å². The van der Waals surface area contributed by atoms with Crippen LogP contribution in [-0.4, -0.2) is 36.8 Å². The number of carbonyl (C=O) groups is 1. The van der Waals surface area contributed by atoms with Gasteiger partial charge in [-0.25, -0.2) is 9.50 Å². The van der Waals surface area contributed by atoms with Crippen molar-refractivity contribution >= 4 is 23.4 Å². The molecule has 1 saturated carbocycles. The Hall–Kier alpha value is -2.14. The highest BCUT2D eigenvalue weighted by Crippen LogP contribution is 2.27. The van der Waals surface area contributed by atoms with Gasteiger partial charge in [0.05, 0.1) is 11.8 Å². The van der Waals surface area contributed by atoms with E-state index in [-0.39, 0.29) is 11.7 Å². The summed E-state index contributed by atoms with van der Waals surface area (Å²) >= 11 is 1.25. The number of aromatic nitrogens is 4. The van der Waals surface area contributed by atoms with Crippen LogP contribution in [0.3, 0.4) is 0 Å². The van der Waals surface area contributed by atoms with Crippen LogP contribution in [0.2, 0.25) is 0 Å². The van der Waals surface area contributed by atoms with E-state index >= 15 is 0 Å². The Kier molecular flexibility index (Phi) is 4.24. The summed E-state index contributed by atoms with van der Waals surface area (Å²) in [5, 5.41) is 17.0. The highest BCUT2D eigenvalue weighted by atomic mass is 32.2. The normalized spacial score (nSPS) is 17.0. The summed E-state index contributed by atoms with van der Waals surface area (Å²) in [6.45, 7) is 0. The first-order valence-corrected chi connectivity index (χ1v) is 8.22. The third-order valence-electron chi connectivity index (χ3n) is 3.73. The summed E-state index contributed by atoms with van der Waals surface area (Å²) < 4.78 is 1.57. The zero-order valence-corrected chi connectivity index (χ0v) is 12.8. The Labute approximate surface area is 132 Å². The van der Waals surface area contributed by atoms with Gasteiger partial charge < -0.3 is 5.32 Å². The quantitative estimate of drug-likeness (QED) is 0.860. The molecule has 0 bridgehead atoms. The van der Waals surface area contributed by atoms with Crippen LogP contribution in [0.25, 0.3) is 5.78 Å². The maximum atomic E-state index is 12.1. The van der Waals surface area contributed by atoms with Crippen molar-refractivity contribution < 1.29 is 4.79 Å². The van der Waals surface area contributed by atoms with Gasteiger partial charge in [-0.3, -0.25) is 4.79 Å². The van der Waals surface area contributed by atoms with Crippen molar-refractivity contribution in [3.63, 3.8) is 0 Å². The molecule has 114 valence electrons. The molecule has 0 unspecified atom stereocenters. The molecule has 2 heterocycles. The summed E-state index contributed by atoms with van der Waals surface area (Å²) in [6, 6.07) is 4.05. The van der Waals surface area contributed by atoms with Crippen molar-refractivity contribution in [3.05, 3.63) is 18.5 Å². The van der Waals surface area contributed by atoms with E-state index in [1.54, 1.807) is 23.0 Å². The lowest BCUT2D eigenvalue weighted by molar-refractivity contribution is -0.120. The number of amides is 1. The largest absolute Gasteiger partial charge is 0.337 e. The highest BCUT2D eigenvalue weighted by molar-refractivity contribution is 7.99. The molecule has 8 heteroatoms. The molecule has 3 rings (SSSR count). The van der Waals surface area contributed by atoms with Gasteiger partial charge in [0, 0.05) is 12.4 Å². The minimum Gasteiger partial charge on any atom is -0.337 e. The summed E-state index contributed by atoms with van der Waals surface area (Å²) in [6.07, 6.45) is 7.97. The number of nitrogens with zero attached hydrogens (tertiary/aromatic N) is 5. The lowest BCUT2D eigenvalue weighted by atomic mass is 9.83. The van der Waals surface area contributed by atoms with Crippen molar-refractivity contribution in [2.75, 3.05) is 5.75 Å². The van der Waals surface area contributed by atoms with Crippen LogP contribution < -0.4 is 5.32 Å². The molecule has 2 aromatic rings. The van der Waals surface area contributed by atoms with E-state index in [0.29, 0.717) is 10.9 Å². The van der Waals surface area contributed by atoms with Crippen molar-refractivity contribution in [1.82, 2.24) is 24.9 Å². The number of fused-ring (bicyclic) bond motifs is 1. The smallest absolute Gasteiger partial charge is 0.253 e. The van der Waals surface area contributed by atoms with E-state index in [0.717, 1.165) is 32.1 Å². The number of nitriles is 1. The summed E-state index contributed by atoms with van der Waals surface area (Å²) in [5.74, 6) is 0.548. The molecule has 0 aromatic carbocycles. The Morgan fingerprint density at radius 2 is 2.27 bits per heavy atom. The Balaban J connectivity index is 1.59. The van der Waals surface area contributed by atoms with Crippen LogP contribution in [0.5, 0.6) is 0 Å². The van der Waals surface area contributed by atoms with Crippen LogP contribution in [0.1, 0.15) is 32.1 Å². The van der Waals surface area contributed by atoms with E-state index in [1.165, 1.54) is 11.8 Å². The zero-order chi connectivity index (χ0) is 15.4. The minimum atomic E-state index is -0.691. The number of rotatable bonds is 4. The van der Waals surface area contributed by atoms with Gasteiger partial charge >= 0.3 is 0 Å². The number of nitrogens with one attached hydrogen (secondary N) is 1. The molecular weight excluding hydrogens is 300 g/mol. The second-order valence-corrected chi connectivity index (χ2v) is 6.29. The van der Waals surface area contributed by atoms with Gasteiger partial charge in [-0.05, 0) is 18.9 Å². The predicted molar refractivity (Wildman–Crippen MR) is 81.1 cm³/mol. The maximum Gasteiger partial charge on any atom is 0.253 e. The van der Waals surface area contributed by atoms with Gasteiger partial charge in [-0.2, -0.15) is 10.2 Å². The zero-order valence-electron chi connectivity index (χ0n) is 12.0. The average Bonchev–Trinajstić information content (AvgIpc) is 2.97. The molecule has 1 aliphatic carbocycles. The average molecular weight is 316 g/mol. The van der Waals surface area contributed by atoms with Crippen molar-refractivity contribution in [3.8, 4) is 6.07 Å². The lowest BCUT2D eigenvalue weighted by Crippen LogP contribution is -2.49. The van der Waals surface area contributed by atoms with E-state index in [9.17, 15) is 10.1 Å². The van der Waals surface area contributed by atoms with Gasteiger partial charge in [0.25, 0.3) is 5.78 Å². The fourth-order valence-corrected chi connectivity index (χ4v) is 3.25. The number of hydrogen-bond donors (Lipinski definition) is 1. The van der Waals surface area contributed by atoms with Crippen molar-refractivity contribution in [2.24, 2.45) is 0 Å². The first-order valence-electron chi connectivity index (χ1n) is 7.23. The predicted octanol–water partition coefficient (Wildman–Crippen LogP) is 1.56. The molecule has 2 aromatic heterocycles. The molecule has 0 aliphatic heterocycles. The summed E-state index contributed by atoms with van der Waals surface area (Å²) in [7, 11) is 0. The van der Waals surface area contributed by atoms with E-state index in [4.69, 9.17) is 0 Å². The fourth-order valence-electron chi connectivity index (χ4n) is 2.63. The van der Waals surface area contributed by atoms with Crippen LogP contribution in [-0.2, 0) is 4.79 Å². The fraction of sp³-hybridized carbons (Fsp3) is 0.500. The SMILES string of the molecule is N#CC1(NC(=O)CSc2nc3ncccn3n2)CCCCC1. The summed E-state index contributed by atoms with van der Waals surface area (Å²) in [4.78, 5) is 20.4. The van der Waals surface area contributed by atoms with Crippen LogP contribution in [0.15, 0.2) is 23.6 Å². The van der Waals surface area contributed by atoms with Gasteiger partial charge in [0.2, 0.25) is 11.1 Å². The number of hydrogen-bond acceptors (Lipinski definition) is 6. The maximum absolute atomic E-state index is 12.1. The van der Waals surface area contributed by atoms with Crippen LogP contribution in [0, 0.1) is 11.3 Å². The molecule has 0 saturated heterocycles. The standard InChI is InChI=1S/C14H16N6OS/c15-10-14(5-2-1-3-6-14)18-11(21)9-22-13-17-12-16-7-4-8-20(12)19-13/h4,7-8H,1-3,5-6,9H2,(H,18,21). The molecule has 1 amide bonds. The highest BCUT2D eigenvalue weighted by Gasteiger charge is 2.33. The first-order chi connectivity index (χ1) is 10.7. The lowest BCUT2D eigenvalue weighted by Gasteiger charge is -2.31. The summed E-state index contributed by atoms with van der Waals surface area (Å²) in [5.41, 5.74) is -0.691. The van der Waals surface area contributed by atoms with Gasteiger partial charge in [-0.1, -0.05) is 31.0 Å². The molecule has 22 heavy (non-hydrogen) atoms. The topological polar surface area (TPSA) is 96.0 Å². The Morgan fingerprint density at radius 3 is 3.00 bits per heavy atom. The Morgan fingerprint density at radius 1 is 1.45 bits per heavy atom. The molecule has 1 fully saturated rings. The monoisotopic (exact) mass is 316 g/mol. The van der Waals surface area contributed by atoms with E-state index in [1.807, 2.05) is 0 Å². The molecule has 1 aliphatic rings. The second-order valence-electron chi connectivity index (χ2n) is 5.35. The van der Waals surface area contributed by atoms with Gasteiger partial charge in [0.15, 0.2) is 0 Å². The Bertz CT molecular complexity index is 682. The third-order valence-corrected chi connectivity index (χ3v) is 4.57. The second kappa shape index (κ2) is 6.32. The van der Waals surface area contributed by atoms with E-state index < -0.39 is 5.54 Å². The molecule has 0 atom stereocenters. The third kappa shape index (κ3) is 3.20. The molecule has 0 spiro atoms. The molecule has 1 N–H and O–H groups in total.